The summed E-state index contributed by atoms with van der Waals surface area (Å²) in [7, 11) is 2.30. The number of nitrogens with zero attached hydrogens (tertiary/aromatic N) is 1. The van der Waals surface area contributed by atoms with E-state index in [4.69, 9.17) is 5.73 Å². The van der Waals surface area contributed by atoms with Gasteiger partial charge in [0.15, 0.2) is 0 Å². The zero-order valence-corrected chi connectivity index (χ0v) is 13.3. The largest absolute Gasteiger partial charge is 0.341 e. The van der Waals surface area contributed by atoms with Crippen molar-refractivity contribution in [2.45, 2.75) is 63.8 Å². The first-order valence-electron chi connectivity index (χ1n) is 7.03. The predicted octanol–water partition coefficient (Wildman–Crippen LogP) is 2.51. The first-order valence-corrected chi connectivity index (χ1v) is 7.03. The van der Waals surface area contributed by atoms with E-state index < -0.39 is 0 Å². The summed E-state index contributed by atoms with van der Waals surface area (Å²) in [6, 6.07) is 0.784. The van der Waals surface area contributed by atoms with Crippen molar-refractivity contribution in [3.63, 3.8) is 0 Å². The highest BCUT2D eigenvalue weighted by atomic mass is 35.5. The lowest BCUT2D eigenvalue weighted by Gasteiger charge is -2.35. The standard InChI is InChI=1S/C13H24BN2O.2ClH/c1-10-9-14-6-7-16(10)13(17)8-11-2-4-12(15)5-3-11;;/h10-12H,2-9,15H2,1H3;2*1H/t10-,11?,12?;;/m1../s1. The second-order valence-electron chi connectivity index (χ2n) is 5.73. The molecule has 2 rings (SSSR count). The lowest BCUT2D eigenvalue weighted by molar-refractivity contribution is -0.134. The minimum atomic E-state index is 0. The van der Waals surface area contributed by atoms with E-state index in [-0.39, 0.29) is 24.8 Å². The number of nitrogens with two attached hydrogens (primary N) is 1. The molecule has 2 aliphatic rings. The van der Waals surface area contributed by atoms with E-state index in [1.807, 2.05) is 0 Å². The molecule has 1 saturated carbocycles. The summed E-state index contributed by atoms with van der Waals surface area (Å²) < 4.78 is 0. The Kier molecular flexibility index (Phi) is 9.13. The Bertz CT molecular complexity index is 273. The van der Waals surface area contributed by atoms with Gasteiger partial charge in [-0.2, -0.15) is 0 Å². The van der Waals surface area contributed by atoms with Crippen molar-refractivity contribution >= 4 is 38.0 Å². The van der Waals surface area contributed by atoms with Gasteiger partial charge in [0.25, 0.3) is 0 Å². The van der Waals surface area contributed by atoms with Gasteiger partial charge >= 0.3 is 0 Å². The van der Waals surface area contributed by atoms with Crippen molar-refractivity contribution < 1.29 is 4.79 Å². The number of amides is 1. The Hall–Kier alpha value is 0.0749. The summed E-state index contributed by atoms with van der Waals surface area (Å²) in [5.74, 6) is 0.950. The normalized spacial score (nSPS) is 30.6. The number of rotatable bonds is 2. The van der Waals surface area contributed by atoms with Crippen LogP contribution in [0.25, 0.3) is 0 Å². The molecule has 111 valence electrons. The highest BCUT2D eigenvalue weighted by molar-refractivity contribution is 6.36. The Morgan fingerprint density at radius 3 is 2.47 bits per heavy atom. The minimum Gasteiger partial charge on any atom is -0.341 e. The first kappa shape index (κ1) is 19.1. The summed E-state index contributed by atoms with van der Waals surface area (Å²) in [5, 5.41) is 0. The zero-order chi connectivity index (χ0) is 12.3. The van der Waals surface area contributed by atoms with Crippen LogP contribution in [-0.2, 0) is 4.79 Å². The average Bonchev–Trinajstić information content (AvgIpc) is 2.32. The van der Waals surface area contributed by atoms with E-state index in [1.165, 1.54) is 0 Å². The zero-order valence-electron chi connectivity index (χ0n) is 11.7. The highest BCUT2D eigenvalue weighted by Gasteiger charge is 2.27. The molecule has 1 heterocycles. The van der Waals surface area contributed by atoms with Gasteiger partial charge in [0.05, 0.1) is 0 Å². The fourth-order valence-electron chi connectivity index (χ4n) is 3.06. The molecule has 19 heavy (non-hydrogen) atoms. The van der Waals surface area contributed by atoms with Crippen LogP contribution in [0.2, 0.25) is 12.6 Å². The van der Waals surface area contributed by atoms with Crippen LogP contribution in [0, 0.1) is 5.92 Å². The van der Waals surface area contributed by atoms with Gasteiger partial charge in [0.2, 0.25) is 5.91 Å². The molecule has 1 atom stereocenters. The molecule has 6 heteroatoms. The van der Waals surface area contributed by atoms with Crippen molar-refractivity contribution in [2.75, 3.05) is 6.54 Å². The maximum atomic E-state index is 12.2. The topological polar surface area (TPSA) is 46.3 Å². The smallest absolute Gasteiger partial charge is 0.223 e. The van der Waals surface area contributed by atoms with Crippen LogP contribution in [0.15, 0.2) is 0 Å². The van der Waals surface area contributed by atoms with Gasteiger partial charge in [-0.1, -0.05) is 12.6 Å². The number of carbonyl (C=O) groups excluding carboxylic acids is 1. The molecule has 1 aliphatic carbocycles. The second kappa shape index (κ2) is 9.09. The van der Waals surface area contributed by atoms with E-state index in [9.17, 15) is 4.79 Å². The van der Waals surface area contributed by atoms with Gasteiger partial charge in [-0.25, -0.2) is 0 Å². The van der Waals surface area contributed by atoms with Crippen LogP contribution in [-0.4, -0.2) is 36.7 Å². The van der Waals surface area contributed by atoms with Crippen LogP contribution in [0.1, 0.15) is 39.0 Å². The van der Waals surface area contributed by atoms with Crippen LogP contribution < -0.4 is 5.73 Å². The predicted molar refractivity (Wildman–Crippen MR) is 85.6 cm³/mol. The lowest BCUT2D eigenvalue weighted by Crippen LogP contribution is -2.44. The number of halogens is 2. The Balaban J connectivity index is 0.00000162. The average molecular weight is 308 g/mol. The Morgan fingerprint density at radius 1 is 1.26 bits per heavy atom. The molecule has 0 unspecified atom stereocenters. The molecule has 1 saturated heterocycles. The summed E-state index contributed by atoms with van der Waals surface area (Å²) >= 11 is 0. The summed E-state index contributed by atoms with van der Waals surface area (Å²) in [4.78, 5) is 14.3. The molecule has 0 aromatic rings. The van der Waals surface area contributed by atoms with Crippen LogP contribution in [0.3, 0.4) is 0 Å². The number of hydrogen-bond acceptors (Lipinski definition) is 2. The lowest BCUT2D eigenvalue weighted by atomic mass is 9.65. The molecule has 0 aromatic heterocycles. The van der Waals surface area contributed by atoms with Crippen molar-refractivity contribution in [3.05, 3.63) is 0 Å². The summed E-state index contributed by atoms with van der Waals surface area (Å²) in [5.41, 5.74) is 5.89. The van der Waals surface area contributed by atoms with Gasteiger partial charge in [-0.05, 0) is 38.5 Å². The second-order valence-corrected chi connectivity index (χ2v) is 5.73. The van der Waals surface area contributed by atoms with Crippen molar-refractivity contribution in [1.29, 1.82) is 0 Å². The SMILES string of the molecule is C[C@@H]1C[B]CCN1C(=O)CC1CCC(N)CC1.Cl.Cl. The minimum absolute atomic E-state index is 0. The van der Waals surface area contributed by atoms with Gasteiger partial charge in [0, 0.05) is 25.0 Å². The third-order valence-corrected chi connectivity index (χ3v) is 4.29. The molecule has 0 aromatic carbocycles. The number of hydrogen-bond donors (Lipinski definition) is 1. The molecular weight excluding hydrogens is 282 g/mol. The Morgan fingerprint density at radius 2 is 1.89 bits per heavy atom. The monoisotopic (exact) mass is 307 g/mol. The maximum Gasteiger partial charge on any atom is 0.223 e. The van der Waals surface area contributed by atoms with Crippen molar-refractivity contribution in [2.24, 2.45) is 11.7 Å². The van der Waals surface area contributed by atoms with Crippen molar-refractivity contribution in [1.82, 2.24) is 4.90 Å². The van der Waals surface area contributed by atoms with Gasteiger partial charge < -0.3 is 10.6 Å². The summed E-state index contributed by atoms with van der Waals surface area (Å²) in [6.45, 7) is 3.08. The third-order valence-electron chi connectivity index (χ3n) is 4.29. The summed E-state index contributed by atoms with van der Waals surface area (Å²) in [6.07, 6.45) is 7.34. The van der Waals surface area contributed by atoms with Crippen molar-refractivity contribution in [3.8, 4) is 0 Å². The van der Waals surface area contributed by atoms with E-state index in [0.717, 1.165) is 51.3 Å². The molecule has 0 bridgehead atoms. The molecule has 1 aliphatic heterocycles. The van der Waals surface area contributed by atoms with Crippen LogP contribution in [0.5, 0.6) is 0 Å². The van der Waals surface area contributed by atoms with E-state index in [1.54, 1.807) is 0 Å². The fourth-order valence-corrected chi connectivity index (χ4v) is 3.06. The Labute approximate surface area is 130 Å². The van der Waals surface area contributed by atoms with Crippen LogP contribution >= 0.6 is 24.8 Å². The van der Waals surface area contributed by atoms with E-state index >= 15 is 0 Å². The molecule has 2 fully saturated rings. The molecular formula is C13H26BCl2N2O. The molecule has 3 nitrogen and oxygen atoms in total. The maximum absolute atomic E-state index is 12.2. The highest BCUT2D eigenvalue weighted by Crippen LogP contribution is 2.27. The van der Waals surface area contributed by atoms with E-state index in [0.29, 0.717) is 23.9 Å². The van der Waals surface area contributed by atoms with Gasteiger partial charge in [-0.15, -0.1) is 24.8 Å². The van der Waals surface area contributed by atoms with Gasteiger partial charge in [0.1, 0.15) is 7.28 Å². The first-order chi connectivity index (χ1) is 8.16. The van der Waals surface area contributed by atoms with Gasteiger partial charge in [-0.3, -0.25) is 4.79 Å². The molecule has 0 spiro atoms. The fraction of sp³-hybridized carbons (Fsp3) is 0.923. The van der Waals surface area contributed by atoms with Crippen LogP contribution in [0.4, 0.5) is 0 Å². The van der Waals surface area contributed by atoms with E-state index in [2.05, 4.69) is 19.1 Å². The molecule has 1 amide bonds. The molecule has 2 N–H and O–H groups in total. The quantitative estimate of drug-likeness (QED) is 0.797. The number of carbonyl (C=O) groups is 1. The molecule has 1 radical (unpaired) electrons. The third kappa shape index (κ3) is 5.53.